The Morgan fingerprint density at radius 1 is 0.519 bits per heavy atom. The minimum atomic E-state index is -0.579. The number of hydrogen-bond acceptors (Lipinski definition) is 6. The molecule has 0 aliphatic carbocycles. The van der Waals surface area contributed by atoms with Crippen molar-refractivity contribution in [2.75, 3.05) is 0 Å². The second-order valence-corrected chi connectivity index (χ2v) is 14.1. The molecule has 1 unspecified atom stereocenters. The molecule has 290 valence electrons. The maximum Gasteiger partial charge on any atom is 0.273 e. The molecule has 0 aliphatic rings. The molecule has 10 nitrogen and oxygen atoms in total. The lowest BCUT2D eigenvalue weighted by molar-refractivity contribution is -0.126. The van der Waals surface area contributed by atoms with Crippen LogP contribution in [0.1, 0.15) is 181 Å². The van der Waals surface area contributed by atoms with Crippen LogP contribution in [0.15, 0.2) is 36.4 Å². The Kier molecular flexibility index (Phi) is 22.6. The summed E-state index contributed by atoms with van der Waals surface area (Å²) in [5, 5.41) is 20.9. The number of hydrazine groups is 2. The van der Waals surface area contributed by atoms with Crippen LogP contribution in [-0.2, 0) is 22.4 Å². The van der Waals surface area contributed by atoms with Gasteiger partial charge >= 0.3 is 0 Å². The average Bonchev–Trinajstić information content (AvgIpc) is 3.13. The summed E-state index contributed by atoms with van der Waals surface area (Å²) in [6.45, 7) is 6.45. The summed E-state index contributed by atoms with van der Waals surface area (Å²) in [7, 11) is 0. The van der Waals surface area contributed by atoms with Gasteiger partial charge in [0.05, 0.1) is 11.1 Å². The number of carbonyl (C=O) groups excluding carboxylic acids is 4. The third-order valence-corrected chi connectivity index (χ3v) is 9.60. The lowest BCUT2D eigenvalue weighted by Gasteiger charge is -2.17. The zero-order chi connectivity index (χ0) is 38.0. The van der Waals surface area contributed by atoms with E-state index in [9.17, 15) is 29.4 Å². The molecule has 2 aromatic carbocycles. The molecule has 0 bridgehead atoms. The highest BCUT2D eigenvalue weighted by atomic mass is 16.3. The topological polar surface area (TPSA) is 157 Å². The van der Waals surface area contributed by atoms with Crippen LogP contribution in [0.4, 0.5) is 0 Å². The molecule has 1 atom stereocenters. The van der Waals surface area contributed by atoms with Gasteiger partial charge in [0.2, 0.25) is 11.8 Å². The Morgan fingerprint density at radius 3 is 1.46 bits per heavy atom. The molecule has 0 heterocycles. The van der Waals surface area contributed by atoms with Gasteiger partial charge in [0, 0.05) is 12.3 Å². The summed E-state index contributed by atoms with van der Waals surface area (Å²) < 4.78 is 0. The molecule has 2 aromatic rings. The normalized spacial score (nSPS) is 11.5. The molecule has 0 aliphatic heterocycles. The first-order chi connectivity index (χ1) is 25.2. The smallest absolute Gasteiger partial charge is 0.273 e. The number of nitrogens with one attached hydrogen (secondary N) is 4. The van der Waals surface area contributed by atoms with E-state index in [1.165, 1.54) is 51.4 Å². The van der Waals surface area contributed by atoms with Gasteiger partial charge < -0.3 is 10.2 Å². The summed E-state index contributed by atoms with van der Waals surface area (Å²) in [5.41, 5.74) is 12.0. The van der Waals surface area contributed by atoms with Crippen LogP contribution < -0.4 is 21.7 Å². The highest BCUT2D eigenvalue weighted by Gasteiger charge is 2.20. The molecule has 10 heteroatoms. The SMILES string of the molecule is CCCCCCCCc1ccc(C(=O)NNC(=O)CCCCCC(CCCC)C(=O)NNC(=O)c2ccc(CCCCCCCC)cc2O)c(O)c1. The monoisotopic (exact) mass is 722 g/mol. The van der Waals surface area contributed by atoms with Gasteiger partial charge in [0.1, 0.15) is 11.5 Å². The van der Waals surface area contributed by atoms with Crippen molar-refractivity contribution in [3.05, 3.63) is 58.7 Å². The molecule has 0 spiro atoms. The largest absolute Gasteiger partial charge is 0.507 e. The van der Waals surface area contributed by atoms with E-state index < -0.39 is 11.8 Å². The van der Waals surface area contributed by atoms with Gasteiger partial charge in [-0.25, -0.2) is 0 Å². The van der Waals surface area contributed by atoms with E-state index in [2.05, 4.69) is 42.5 Å². The van der Waals surface area contributed by atoms with Crippen molar-refractivity contribution in [1.82, 2.24) is 21.7 Å². The number of amides is 4. The van der Waals surface area contributed by atoms with Crippen molar-refractivity contribution in [3.63, 3.8) is 0 Å². The van der Waals surface area contributed by atoms with Gasteiger partial charge in [-0.05, 0) is 80.3 Å². The molecule has 0 fully saturated rings. The lowest BCUT2D eigenvalue weighted by Crippen LogP contribution is -2.44. The summed E-state index contributed by atoms with van der Waals surface area (Å²) in [4.78, 5) is 50.7. The molecule has 0 radical (unpaired) electrons. The Bertz CT molecular complexity index is 1360. The number of phenolic OH excluding ortho intramolecular Hbond substituents is 2. The maximum atomic E-state index is 13.0. The molecule has 6 N–H and O–H groups in total. The van der Waals surface area contributed by atoms with Crippen molar-refractivity contribution >= 4 is 23.6 Å². The number of benzene rings is 2. The second kappa shape index (κ2) is 26.7. The lowest BCUT2D eigenvalue weighted by atomic mass is 9.94. The molecule has 0 saturated carbocycles. The molecule has 52 heavy (non-hydrogen) atoms. The molecule has 4 amide bonds. The van der Waals surface area contributed by atoms with E-state index in [1.54, 1.807) is 24.3 Å². The number of unbranched alkanes of at least 4 members (excludes halogenated alkanes) is 13. The van der Waals surface area contributed by atoms with Crippen molar-refractivity contribution in [2.45, 2.75) is 162 Å². The standard InChI is InChI=1S/C42H66N4O6/c1-4-7-10-12-14-17-21-32-26-28-35(37(47)30-32)41(51)45-43-39(49)25-20-16-19-24-34(23-9-6-3)40(50)44-46-42(52)36-29-27-33(31-38(36)48)22-18-15-13-11-8-5-2/h26-31,34,47-48H,4-25H2,1-3H3,(H,43,49)(H,44,50)(H,45,51)(H,46,52). The summed E-state index contributed by atoms with van der Waals surface area (Å²) in [6.07, 6.45) is 21.2. The number of aryl methyl sites for hydroxylation is 2. The number of phenols is 2. The van der Waals surface area contributed by atoms with Crippen LogP contribution in [0.3, 0.4) is 0 Å². The minimum absolute atomic E-state index is 0.104. The molecule has 0 saturated heterocycles. The van der Waals surface area contributed by atoms with Gasteiger partial charge in [0.15, 0.2) is 0 Å². The van der Waals surface area contributed by atoms with E-state index in [0.717, 1.165) is 68.9 Å². The first-order valence-corrected chi connectivity index (χ1v) is 20.0. The molecular formula is C42H66N4O6. The van der Waals surface area contributed by atoms with Crippen LogP contribution in [0.25, 0.3) is 0 Å². The Labute approximate surface area is 312 Å². The van der Waals surface area contributed by atoms with Gasteiger partial charge in [-0.3, -0.25) is 40.9 Å². The quantitative estimate of drug-likeness (QED) is 0.0421. The second-order valence-electron chi connectivity index (χ2n) is 14.1. The zero-order valence-corrected chi connectivity index (χ0v) is 32.1. The van der Waals surface area contributed by atoms with E-state index in [4.69, 9.17) is 0 Å². The third-order valence-electron chi connectivity index (χ3n) is 9.60. The average molecular weight is 723 g/mol. The van der Waals surface area contributed by atoms with Crippen molar-refractivity contribution in [1.29, 1.82) is 0 Å². The highest BCUT2D eigenvalue weighted by molar-refractivity contribution is 5.98. The summed E-state index contributed by atoms with van der Waals surface area (Å²) in [5.74, 6) is -2.28. The van der Waals surface area contributed by atoms with Gasteiger partial charge in [0.25, 0.3) is 11.8 Å². The predicted octanol–water partition coefficient (Wildman–Crippen LogP) is 8.88. The zero-order valence-electron chi connectivity index (χ0n) is 32.1. The summed E-state index contributed by atoms with van der Waals surface area (Å²) in [6, 6.07) is 10.1. The predicted molar refractivity (Wildman–Crippen MR) is 208 cm³/mol. The first-order valence-electron chi connectivity index (χ1n) is 20.0. The fourth-order valence-corrected chi connectivity index (χ4v) is 6.32. The molecular weight excluding hydrogens is 656 g/mol. The fraction of sp³-hybridized carbons (Fsp3) is 0.619. The number of rotatable bonds is 26. The van der Waals surface area contributed by atoms with Crippen LogP contribution in [0.2, 0.25) is 0 Å². The van der Waals surface area contributed by atoms with Gasteiger partial charge in [-0.15, -0.1) is 0 Å². The van der Waals surface area contributed by atoms with Gasteiger partial charge in [-0.2, -0.15) is 0 Å². The van der Waals surface area contributed by atoms with Crippen LogP contribution in [-0.4, -0.2) is 33.8 Å². The fourth-order valence-electron chi connectivity index (χ4n) is 6.32. The van der Waals surface area contributed by atoms with Crippen LogP contribution in [0, 0.1) is 5.92 Å². The number of carbonyl (C=O) groups is 4. The maximum absolute atomic E-state index is 13.0. The van der Waals surface area contributed by atoms with E-state index in [-0.39, 0.29) is 46.8 Å². The Morgan fingerprint density at radius 2 is 0.962 bits per heavy atom. The first kappa shape index (κ1) is 44.1. The van der Waals surface area contributed by atoms with E-state index in [0.29, 0.717) is 25.7 Å². The van der Waals surface area contributed by atoms with Crippen molar-refractivity contribution in [2.24, 2.45) is 5.92 Å². The third kappa shape index (κ3) is 17.9. The van der Waals surface area contributed by atoms with Gasteiger partial charge in [-0.1, -0.05) is 123 Å². The molecule has 2 rings (SSSR count). The van der Waals surface area contributed by atoms with Crippen LogP contribution in [0.5, 0.6) is 11.5 Å². The Hall–Kier alpha value is -4.08. The van der Waals surface area contributed by atoms with E-state index >= 15 is 0 Å². The molecule has 0 aromatic heterocycles. The van der Waals surface area contributed by atoms with Crippen LogP contribution >= 0.6 is 0 Å². The van der Waals surface area contributed by atoms with Crippen molar-refractivity contribution < 1.29 is 29.4 Å². The highest BCUT2D eigenvalue weighted by Crippen LogP contribution is 2.22. The number of hydrogen-bond donors (Lipinski definition) is 6. The summed E-state index contributed by atoms with van der Waals surface area (Å²) >= 11 is 0. The Balaban J connectivity index is 1.69. The van der Waals surface area contributed by atoms with E-state index in [1.807, 2.05) is 12.1 Å². The minimum Gasteiger partial charge on any atom is -0.507 e. The van der Waals surface area contributed by atoms with Crippen molar-refractivity contribution in [3.8, 4) is 11.5 Å². The number of aromatic hydroxyl groups is 2.